The van der Waals surface area contributed by atoms with Crippen molar-refractivity contribution in [3.05, 3.63) is 82.1 Å². The van der Waals surface area contributed by atoms with E-state index in [1.54, 1.807) is 12.1 Å². The summed E-state index contributed by atoms with van der Waals surface area (Å²) in [5.74, 6) is 0.401. The van der Waals surface area contributed by atoms with Gasteiger partial charge in [-0.3, -0.25) is 4.79 Å². The number of nitrogens with one attached hydrogen (secondary N) is 2. The molecule has 0 aromatic heterocycles. The molecular formula is C23H22BrFN2O3. The molecule has 30 heavy (non-hydrogen) atoms. The van der Waals surface area contributed by atoms with Gasteiger partial charge in [-0.15, -0.1) is 0 Å². The monoisotopic (exact) mass is 472 g/mol. The zero-order chi connectivity index (χ0) is 21.5. The highest BCUT2D eigenvalue weighted by Crippen LogP contribution is 2.37. The average molecular weight is 473 g/mol. The predicted octanol–water partition coefficient (Wildman–Crippen LogP) is 5.53. The van der Waals surface area contributed by atoms with Crippen LogP contribution in [0.1, 0.15) is 11.1 Å². The SMILES string of the molecule is COc1cc(CNc2ccc(F)cc2)cc(Br)c1OCC(=O)Nc1ccc(C)cc1. The van der Waals surface area contributed by atoms with Gasteiger partial charge in [0.05, 0.1) is 11.6 Å². The fourth-order valence-electron chi connectivity index (χ4n) is 2.76. The molecule has 3 aromatic rings. The van der Waals surface area contributed by atoms with Crippen LogP contribution >= 0.6 is 15.9 Å². The number of anilines is 2. The van der Waals surface area contributed by atoms with Gasteiger partial charge in [0.2, 0.25) is 0 Å². The Hall–Kier alpha value is -3.06. The van der Waals surface area contributed by atoms with Gasteiger partial charge in [-0.25, -0.2) is 4.39 Å². The van der Waals surface area contributed by atoms with Crippen LogP contribution in [0.2, 0.25) is 0 Å². The van der Waals surface area contributed by atoms with Gasteiger partial charge in [0.15, 0.2) is 18.1 Å². The number of carbonyl (C=O) groups excluding carboxylic acids is 1. The first-order chi connectivity index (χ1) is 14.4. The topological polar surface area (TPSA) is 59.6 Å². The van der Waals surface area contributed by atoms with E-state index in [0.717, 1.165) is 16.8 Å². The second kappa shape index (κ2) is 10.1. The molecule has 0 fully saturated rings. The number of methoxy groups -OCH3 is 1. The van der Waals surface area contributed by atoms with Crippen molar-refractivity contribution in [1.29, 1.82) is 0 Å². The summed E-state index contributed by atoms with van der Waals surface area (Å²) < 4.78 is 24.8. The molecule has 0 radical (unpaired) electrons. The third kappa shape index (κ3) is 5.97. The van der Waals surface area contributed by atoms with Crippen molar-refractivity contribution in [3.8, 4) is 11.5 Å². The number of aryl methyl sites for hydroxylation is 1. The molecule has 7 heteroatoms. The Balaban J connectivity index is 1.62. The van der Waals surface area contributed by atoms with Crippen molar-refractivity contribution in [2.75, 3.05) is 24.4 Å². The van der Waals surface area contributed by atoms with E-state index in [1.165, 1.54) is 19.2 Å². The molecule has 0 saturated heterocycles. The number of carbonyl (C=O) groups is 1. The Kier molecular flexibility index (Phi) is 7.30. The second-order valence-electron chi connectivity index (χ2n) is 6.67. The molecule has 5 nitrogen and oxygen atoms in total. The van der Waals surface area contributed by atoms with Crippen molar-refractivity contribution in [2.24, 2.45) is 0 Å². The lowest BCUT2D eigenvalue weighted by Gasteiger charge is -2.15. The summed E-state index contributed by atoms with van der Waals surface area (Å²) in [7, 11) is 1.54. The second-order valence-corrected chi connectivity index (χ2v) is 7.53. The van der Waals surface area contributed by atoms with Gasteiger partial charge in [-0.05, 0) is 76.9 Å². The number of hydrogen-bond acceptors (Lipinski definition) is 4. The van der Waals surface area contributed by atoms with Gasteiger partial charge in [0.25, 0.3) is 5.91 Å². The van der Waals surface area contributed by atoms with E-state index in [1.807, 2.05) is 43.3 Å². The number of hydrogen-bond donors (Lipinski definition) is 2. The number of amides is 1. The molecule has 0 saturated carbocycles. The highest BCUT2D eigenvalue weighted by molar-refractivity contribution is 9.10. The molecule has 0 aliphatic rings. The summed E-state index contributed by atoms with van der Waals surface area (Å²) in [5, 5.41) is 6.01. The maximum absolute atomic E-state index is 13.0. The fraction of sp³-hybridized carbons (Fsp3) is 0.174. The van der Waals surface area contributed by atoms with Crippen LogP contribution < -0.4 is 20.1 Å². The Morgan fingerprint density at radius 3 is 2.37 bits per heavy atom. The zero-order valence-electron chi connectivity index (χ0n) is 16.7. The van der Waals surface area contributed by atoms with Gasteiger partial charge in [-0.1, -0.05) is 17.7 Å². The molecule has 3 aromatic carbocycles. The van der Waals surface area contributed by atoms with Gasteiger partial charge >= 0.3 is 0 Å². The molecule has 0 spiro atoms. The third-order valence-electron chi connectivity index (χ3n) is 4.31. The minimum absolute atomic E-state index is 0.157. The number of rotatable bonds is 8. The van der Waals surface area contributed by atoms with Gasteiger partial charge in [-0.2, -0.15) is 0 Å². The van der Waals surface area contributed by atoms with Gasteiger partial charge in [0, 0.05) is 17.9 Å². The maximum atomic E-state index is 13.0. The van der Waals surface area contributed by atoms with E-state index in [4.69, 9.17) is 9.47 Å². The first kappa shape index (κ1) is 21.6. The van der Waals surface area contributed by atoms with Crippen LogP contribution in [0.3, 0.4) is 0 Å². The van der Waals surface area contributed by atoms with Crippen molar-refractivity contribution < 1.29 is 18.7 Å². The predicted molar refractivity (Wildman–Crippen MR) is 120 cm³/mol. The highest BCUT2D eigenvalue weighted by atomic mass is 79.9. The normalized spacial score (nSPS) is 10.4. The smallest absolute Gasteiger partial charge is 0.262 e. The van der Waals surface area contributed by atoms with E-state index >= 15 is 0 Å². The minimum Gasteiger partial charge on any atom is -0.493 e. The lowest BCUT2D eigenvalue weighted by atomic mass is 10.2. The van der Waals surface area contributed by atoms with Crippen LogP contribution in [-0.4, -0.2) is 19.6 Å². The van der Waals surface area contributed by atoms with E-state index < -0.39 is 0 Å². The van der Waals surface area contributed by atoms with E-state index in [2.05, 4.69) is 26.6 Å². The van der Waals surface area contributed by atoms with Crippen LogP contribution in [0.15, 0.2) is 65.1 Å². The van der Waals surface area contributed by atoms with Crippen LogP contribution in [0, 0.1) is 12.7 Å². The van der Waals surface area contributed by atoms with Crippen LogP contribution in [-0.2, 0) is 11.3 Å². The van der Waals surface area contributed by atoms with Crippen molar-refractivity contribution >= 4 is 33.2 Å². The summed E-state index contributed by atoms with van der Waals surface area (Å²) in [6.45, 7) is 2.34. The maximum Gasteiger partial charge on any atom is 0.262 e. The molecule has 3 rings (SSSR count). The summed E-state index contributed by atoms with van der Waals surface area (Å²) in [5.41, 5.74) is 3.56. The highest BCUT2D eigenvalue weighted by Gasteiger charge is 2.14. The van der Waals surface area contributed by atoms with Crippen molar-refractivity contribution in [3.63, 3.8) is 0 Å². The lowest BCUT2D eigenvalue weighted by Crippen LogP contribution is -2.20. The molecule has 0 aliphatic heterocycles. The molecule has 0 heterocycles. The standard InChI is InChI=1S/C23H22BrFN2O3/c1-15-3-7-19(8-4-15)27-22(28)14-30-23-20(24)11-16(12-21(23)29-2)13-26-18-9-5-17(25)6-10-18/h3-12,26H,13-14H2,1-2H3,(H,27,28). The minimum atomic E-state index is -0.280. The fourth-order valence-corrected chi connectivity index (χ4v) is 3.36. The Bertz CT molecular complexity index is 1010. The Morgan fingerprint density at radius 2 is 1.70 bits per heavy atom. The van der Waals surface area contributed by atoms with Gasteiger partial charge in [0.1, 0.15) is 5.82 Å². The largest absolute Gasteiger partial charge is 0.493 e. The first-order valence-electron chi connectivity index (χ1n) is 9.30. The molecule has 0 aliphatic carbocycles. The summed E-state index contributed by atoms with van der Waals surface area (Å²) in [4.78, 5) is 12.2. The molecule has 0 unspecified atom stereocenters. The number of halogens is 2. The van der Waals surface area contributed by atoms with Crippen LogP contribution in [0.25, 0.3) is 0 Å². The van der Waals surface area contributed by atoms with E-state index in [-0.39, 0.29) is 18.3 Å². The summed E-state index contributed by atoms with van der Waals surface area (Å²) >= 11 is 3.49. The molecule has 2 N–H and O–H groups in total. The lowest BCUT2D eigenvalue weighted by molar-refractivity contribution is -0.118. The Labute approximate surface area is 183 Å². The summed E-state index contributed by atoms with van der Waals surface area (Å²) in [6, 6.07) is 17.4. The molecular weight excluding hydrogens is 451 g/mol. The quantitative estimate of drug-likeness (QED) is 0.452. The zero-order valence-corrected chi connectivity index (χ0v) is 18.3. The molecule has 156 valence electrons. The number of ether oxygens (including phenoxy) is 2. The summed E-state index contributed by atoms with van der Waals surface area (Å²) in [6.07, 6.45) is 0. The van der Waals surface area contributed by atoms with E-state index in [9.17, 15) is 9.18 Å². The van der Waals surface area contributed by atoms with Crippen LogP contribution in [0.5, 0.6) is 11.5 Å². The molecule has 1 amide bonds. The van der Waals surface area contributed by atoms with Crippen molar-refractivity contribution in [1.82, 2.24) is 0 Å². The molecule has 0 atom stereocenters. The number of benzene rings is 3. The Morgan fingerprint density at radius 1 is 1.03 bits per heavy atom. The van der Waals surface area contributed by atoms with Gasteiger partial charge < -0.3 is 20.1 Å². The first-order valence-corrected chi connectivity index (χ1v) is 10.1. The third-order valence-corrected chi connectivity index (χ3v) is 4.90. The average Bonchev–Trinajstić information content (AvgIpc) is 2.74. The molecule has 0 bridgehead atoms. The van der Waals surface area contributed by atoms with Crippen LogP contribution in [0.4, 0.5) is 15.8 Å². The van der Waals surface area contributed by atoms with Crippen molar-refractivity contribution in [2.45, 2.75) is 13.5 Å². The van der Waals surface area contributed by atoms with E-state index in [0.29, 0.717) is 28.2 Å².